The number of anilines is 1. The van der Waals surface area contributed by atoms with Gasteiger partial charge in [-0.15, -0.1) is 0 Å². The molecular weight excluding hydrogens is 354 g/mol. The fourth-order valence-electron chi connectivity index (χ4n) is 2.97. The summed E-state index contributed by atoms with van der Waals surface area (Å²) in [5.41, 5.74) is 8.26. The number of halogens is 1. The van der Waals surface area contributed by atoms with Crippen LogP contribution in [-0.2, 0) is 4.43 Å². The molecule has 2 heterocycles. The molecule has 0 fully saturated rings. The molecule has 2 aromatic heterocycles. The molecule has 2 atom stereocenters. The van der Waals surface area contributed by atoms with Crippen molar-refractivity contribution < 1.29 is 4.43 Å². The number of rotatable bonds is 3. The van der Waals surface area contributed by atoms with Crippen LogP contribution >= 0.6 is 11.6 Å². The average molecular weight is 380 g/mol. The van der Waals surface area contributed by atoms with Crippen molar-refractivity contribution >= 4 is 37.0 Å². The highest BCUT2D eigenvalue weighted by molar-refractivity contribution is 6.74. The highest BCUT2D eigenvalue weighted by Gasteiger charge is 2.40. The van der Waals surface area contributed by atoms with Gasteiger partial charge in [-0.2, -0.15) is 9.97 Å². The SMILES string of the molecule is CC1=C[C@@H](O[Si](C)(C)C(C)(C)C)C[C@@H]1n1cnc2c(Cl)nc(N)nc21. The van der Waals surface area contributed by atoms with Crippen LogP contribution in [0.3, 0.4) is 0 Å². The molecule has 0 aromatic carbocycles. The highest BCUT2D eigenvalue weighted by atomic mass is 35.5. The number of fused-ring (bicyclic) bond motifs is 1. The Hall–Kier alpha value is -1.44. The average Bonchev–Trinajstić information content (AvgIpc) is 3.00. The number of nitrogens with two attached hydrogens (primary N) is 1. The van der Waals surface area contributed by atoms with E-state index in [4.69, 9.17) is 21.8 Å². The Morgan fingerprint density at radius 1 is 1.32 bits per heavy atom. The summed E-state index contributed by atoms with van der Waals surface area (Å²) in [4.78, 5) is 12.7. The van der Waals surface area contributed by atoms with Gasteiger partial charge >= 0.3 is 0 Å². The summed E-state index contributed by atoms with van der Waals surface area (Å²) in [6, 6.07) is 0.144. The van der Waals surface area contributed by atoms with Gasteiger partial charge in [0, 0.05) is 6.42 Å². The predicted octanol–water partition coefficient (Wildman–Crippen LogP) is 4.34. The molecule has 6 nitrogen and oxygen atoms in total. The van der Waals surface area contributed by atoms with Gasteiger partial charge in [0.25, 0.3) is 0 Å². The molecule has 8 heteroatoms. The molecule has 0 radical (unpaired) electrons. The zero-order valence-corrected chi connectivity index (χ0v) is 17.4. The lowest BCUT2D eigenvalue weighted by atomic mass is 10.1. The number of nitrogen functional groups attached to an aromatic ring is 1. The largest absolute Gasteiger partial charge is 0.410 e. The quantitative estimate of drug-likeness (QED) is 0.487. The number of allylic oxidation sites excluding steroid dienone is 1. The monoisotopic (exact) mass is 379 g/mol. The minimum atomic E-state index is -1.82. The Morgan fingerprint density at radius 3 is 2.64 bits per heavy atom. The molecule has 0 saturated heterocycles. The Morgan fingerprint density at radius 2 is 2.00 bits per heavy atom. The van der Waals surface area contributed by atoms with E-state index in [0.29, 0.717) is 11.2 Å². The van der Waals surface area contributed by atoms with Crippen molar-refractivity contribution in [3.63, 3.8) is 0 Å². The third kappa shape index (κ3) is 3.32. The lowest BCUT2D eigenvalue weighted by molar-refractivity contribution is 0.213. The molecule has 25 heavy (non-hydrogen) atoms. The second kappa shape index (κ2) is 6.07. The van der Waals surface area contributed by atoms with Crippen LogP contribution in [0.4, 0.5) is 5.95 Å². The normalized spacial score (nSPS) is 21.8. The van der Waals surface area contributed by atoms with Crippen LogP contribution < -0.4 is 5.73 Å². The first-order valence-corrected chi connectivity index (χ1v) is 11.8. The van der Waals surface area contributed by atoms with E-state index in [9.17, 15) is 0 Å². The molecule has 0 saturated carbocycles. The molecule has 0 bridgehead atoms. The van der Waals surface area contributed by atoms with Crippen LogP contribution in [0.25, 0.3) is 11.2 Å². The topological polar surface area (TPSA) is 78.8 Å². The van der Waals surface area contributed by atoms with Crippen molar-refractivity contribution in [2.75, 3.05) is 5.73 Å². The zero-order valence-electron chi connectivity index (χ0n) is 15.7. The van der Waals surface area contributed by atoms with Crippen molar-refractivity contribution in [3.05, 3.63) is 23.1 Å². The van der Waals surface area contributed by atoms with Gasteiger partial charge in [-0.3, -0.25) is 0 Å². The maximum Gasteiger partial charge on any atom is 0.223 e. The van der Waals surface area contributed by atoms with Gasteiger partial charge in [0.2, 0.25) is 5.95 Å². The highest BCUT2D eigenvalue weighted by Crippen LogP contribution is 2.41. The van der Waals surface area contributed by atoms with E-state index in [0.717, 1.165) is 6.42 Å². The Balaban J connectivity index is 1.88. The molecule has 0 aliphatic heterocycles. The van der Waals surface area contributed by atoms with Crippen molar-refractivity contribution in [2.45, 2.75) is 64.4 Å². The summed E-state index contributed by atoms with van der Waals surface area (Å²) in [6.45, 7) is 13.5. The van der Waals surface area contributed by atoms with Gasteiger partial charge < -0.3 is 14.7 Å². The van der Waals surface area contributed by atoms with Crippen molar-refractivity contribution in [3.8, 4) is 0 Å². The van der Waals surface area contributed by atoms with E-state index in [1.54, 1.807) is 6.33 Å². The van der Waals surface area contributed by atoms with Crippen LogP contribution in [0, 0.1) is 0 Å². The maximum absolute atomic E-state index is 6.57. The fraction of sp³-hybridized carbons (Fsp3) is 0.588. The van der Waals surface area contributed by atoms with Gasteiger partial charge in [-0.05, 0) is 25.1 Å². The number of aromatic nitrogens is 4. The van der Waals surface area contributed by atoms with E-state index in [-0.39, 0.29) is 28.3 Å². The van der Waals surface area contributed by atoms with Gasteiger partial charge in [0.15, 0.2) is 19.1 Å². The first-order chi connectivity index (χ1) is 11.5. The predicted molar refractivity (Wildman–Crippen MR) is 104 cm³/mol. The van der Waals surface area contributed by atoms with Crippen LogP contribution in [0.1, 0.15) is 40.2 Å². The van der Waals surface area contributed by atoms with E-state index in [1.807, 2.05) is 4.57 Å². The van der Waals surface area contributed by atoms with Crippen LogP contribution in [0.15, 0.2) is 18.0 Å². The molecular formula is C17H26ClN5OSi. The van der Waals surface area contributed by atoms with Crippen molar-refractivity contribution in [1.82, 2.24) is 19.5 Å². The Bertz CT molecular complexity index is 839. The molecule has 1 aliphatic rings. The van der Waals surface area contributed by atoms with E-state index in [2.05, 4.69) is 61.8 Å². The van der Waals surface area contributed by atoms with Crippen LogP contribution in [0.2, 0.25) is 23.3 Å². The lowest BCUT2D eigenvalue weighted by Gasteiger charge is -2.38. The molecule has 3 rings (SSSR count). The number of nitrogens with zero attached hydrogens (tertiary/aromatic N) is 4. The van der Waals surface area contributed by atoms with E-state index in [1.165, 1.54) is 5.57 Å². The number of imidazole rings is 1. The van der Waals surface area contributed by atoms with E-state index < -0.39 is 8.32 Å². The van der Waals surface area contributed by atoms with Gasteiger partial charge in [0.05, 0.1) is 18.5 Å². The minimum Gasteiger partial charge on any atom is -0.410 e. The lowest BCUT2D eigenvalue weighted by Crippen LogP contribution is -2.43. The molecule has 0 spiro atoms. The summed E-state index contributed by atoms with van der Waals surface area (Å²) in [6.07, 6.45) is 4.97. The number of hydrogen-bond acceptors (Lipinski definition) is 5. The third-order valence-corrected chi connectivity index (χ3v) is 10.2. The molecule has 0 unspecified atom stereocenters. The molecule has 1 aliphatic carbocycles. The minimum absolute atomic E-state index is 0.109. The fourth-order valence-corrected chi connectivity index (χ4v) is 4.47. The Kier molecular flexibility index (Phi) is 4.46. The van der Waals surface area contributed by atoms with E-state index >= 15 is 0 Å². The second-order valence-electron chi connectivity index (χ2n) is 8.28. The second-order valence-corrected chi connectivity index (χ2v) is 13.4. The van der Waals surface area contributed by atoms with Gasteiger partial charge in [0.1, 0.15) is 5.52 Å². The summed E-state index contributed by atoms with van der Waals surface area (Å²) in [5.74, 6) is 0.160. The zero-order chi connectivity index (χ0) is 18.6. The molecule has 0 amide bonds. The maximum atomic E-state index is 6.57. The van der Waals surface area contributed by atoms with Crippen LogP contribution in [-0.4, -0.2) is 33.9 Å². The Labute approximate surface area is 154 Å². The summed E-state index contributed by atoms with van der Waals surface area (Å²) < 4.78 is 8.59. The molecule has 2 N–H and O–H groups in total. The summed E-state index contributed by atoms with van der Waals surface area (Å²) in [7, 11) is -1.82. The van der Waals surface area contributed by atoms with Crippen LogP contribution in [0.5, 0.6) is 0 Å². The summed E-state index contributed by atoms with van der Waals surface area (Å²) in [5, 5.41) is 0.471. The standard InChI is InChI=1S/C17H26ClN5OSi/c1-10-7-11(24-25(5,6)17(2,3)4)8-12(10)23-9-20-13-14(18)21-16(19)22-15(13)23/h7,9,11-12H,8H2,1-6H3,(H2,19,21,22)/t11-,12+/m1/s1. The van der Waals surface area contributed by atoms with Gasteiger partial charge in [-0.1, -0.05) is 44.0 Å². The first kappa shape index (κ1) is 18.4. The first-order valence-electron chi connectivity index (χ1n) is 8.51. The van der Waals surface area contributed by atoms with Gasteiger partial charge in [-0.25, -0.2) is 4.98 Å². The molecule has 136 valence electrons. The smallest absolute Gasteiger partial charge is 0.223 e. The third-order valence-electron chi connectivity index (χ3n) is 5.41. The number of hydrogen-bond donors (Lipinski definition) is 1. The van der Waals surface area contributed by atoms with Crippen molar-refractivity contribution in [1.29, 1.82) is 0 Å². The summed E-state index contributed by atoms with van der Waals surface area (Å²) >= 11 is 6.14. The van der Waals surface area contributed by atoms with Crippen molar-refractivity contribution in [2.24, 2.45) is 0 Å². The molecule has 2 aromatic rings.